The van der Waals surface area contributed by atoms with E-state index in [1.54, 1.807) is 47.6 Å². The Morgan fingerprint density at radius 3 is 2.22 bits per heavy atom. The average molecular weight is 570 g/mol. The minimum Gasteiger partial charge on any atom is -0.456 e. The van der Waals surface area contributed by atoms with Crippen LogP contribution in [0.4, 0.5) is 4.79 Å². The van der Waals surface area contributed by atoms with E-state index >= 15 is 0 Å². The molecule has 2 rings (SSSR count). The Morgan fingerprint density at radius 1 is 0.902 bits per heavy atom. The number of carbonyl (C=O) groups is 3. The second kappa shape index (κ2) is 15.9. The first-order valence-corrected chi connectivity index (χ1v) is 15.0. The summed E-state index contributed by atoms with van der Waals surface area (Å²) in [5, 5.41) is 7.97. The summed E-state index contributed by atoms with van der Waals surface area (Å²) in [6.45, 7) is 14.6. The number of fused-ring (bicyclic) bond motifs is 1. The molecule has 0 aliphatic rings. The van der Waals surface area contributed by atoms with Crippen molar-refractivity contribution >= 4 is 28.6 Å². The summed E-state index contributed by atoms with van der Waals surface area (Å²) < 4.78 is 11.3. The van der Waals surface area contributed by atoms with E-state index in [9.17, 15) is 14.4 Å². The fraction of sp³-hybridized carbons (Fsp3) is 0.606. The molecule has 4 N–H and O–H groups in total. The molecular formula is C33H51N3O5. The molecule has 0 saturated heterocycles. The second-order valence-electron chi connectivity index (χ2n) is 12.6. The number of Topliss-reactive ketones (excluding diaryl/α,β-unsaturated/α-hetero) is 1. The lowest BCUT2D eigenvalue weighted by atomic mass is 9.88. The molecule has 0 bridgehead atoms. The molecule has 0 heterocycles. The maximum atomic E-state index is 14.2. The van der Waals surface area contributed by atoms with Crippen molar-refractivity contribution in [3.05, 3.63) is 47.0 Å². The number of ketones is 1. The Morgan fingerprint density at radius 2 is 1.59 bits per heavy atom. The topological polar surface area (TPSA) is 120 Å². The van der Waals surface area contributed by atoms with Crippen LogP contribution in [0.3, 0.4) is 0 Å². The molecule has 0 spiro atoms. The lowest BCUT2D eigenvalue weighted by Gasteiger charge is -2.26. The summed E-state index contributed by atoms with van der Waals surface area (Å²) >= 11 is 0. The summed E-state index contributed by atoms with van der Waals surface area (Å²) in [5.41, 5.74) is 5.41. The molecule has 0 saturated carbocycles. The predicted molar refractivity (Wildman–Crippen MR) is 165 cm³/mol. The van der Waals surface area contributed by atoms with Crippen molar-refractivity contribution in [1.82, 2.24) is 10.6 Å². The van der Waals surface area contributed by atoms with E-state index in [0.717, 1.165) is 36.6 Å². The summed E-state index contributed by atoms with van der Waals surface area (Å²) in [5.74, 6) is -0.920. The van der Waals surface area contributed by atoms with Crippen molar-refractivity contribution < 1.29 is 23.9 Å². The minimum atomic E-state index is -0.895. The number of unbranched alkanes of at least 4 members (excludes halogenated alkanes) is 4. The fourth-order valence-corrected chi connectivity index (χ4v) is 4.65. The van der Waals surface area contributed by atoms with E-state index < -0.39 is 29.3 Å². The number of benzene rings is 2. The normalized spacial score (nSPS) is 12.7. The first kappa shape index (κ1) is 34.2. The monoisotopic (exact) mass is 569 g/mol. The first-order valence-electron chi connectivity index (χ1n) is 15.0. The molecule has 8 heteroatoms. The Labute approximate surface area is 246 Å². The molecule has 41 heavy (non-hydrogen) atoms. The van der Waals surface area contributed by atoms with Gasteiger partial charge in [-0.25, -0.2) is 9.59 Å². The van der Waals surface area contributed by atoms with Gasteiger partial charge in [0.15, 0.2) is 5.78 Å². The first-order chi connectivity index (χ1) is 19.3. The van der Waals surface area contributed by atoms with Gasteiger partial charge in [-0.2, -0.15) is 0 Å². The number of carbonyl (C=O) groups excluding carboxylic acids is 3. The van der Waals surface area contributed by atoms with Crippen molar-refractivity contribution in [3.8, 4) is 0 Å². The van der Waals surface area contributed by atoms with Crippen LogP contribution in [-0.2, 0) is 16.0 Å². The van der Waals surface area contributed by atoms with E-state index in [-0.39, 0.29) is 16.9 Å². The van der Waals surface area contributed by atoms with Gasteiger partial charge in [-0.15, -0.1) is 0 Å². The van der Waals surface area contributed by atoms with Gasteiger partial charge in [-0.1, -0.05) is 50.5 Å². The third-order valence-corrected chi connectivity index (χ3v) is 6.49. The molecule has 1 atom stereocenters. The molecule has 0 fully saturated rings. The predicted octanol–water partition coefficient (Wildman–Crippen LogP) is 6.67. The van der Waals surface area contributed by atoms with Gasteiger partial charge in [0, 0.05) is 12.1 Å². The fourth-order valence-electron chi connectivity index (χ4n) is 4.65. The molecule has 8 nitrogen and oxygen atoms in total. The van der Waals surface area contributed by atoms with Gasteiger partial charge >= 0.3 is 12.1 Å². The van der Waals surface area contributed by atoms with Gasteiger partial charge in [0.2, 0.25) is 0 Å². The molecule has 0 unspecified atom stereocenters. The Balaban J connectivity index is 2.62. The maximum Gasteiger partial charge on any atom is 0.408 e. The van der Waals surface area contributed by atoms with Crippen LogP contribution in [0.15, 0.2) is 30.3 Å². The molecule has 0 aliphatic carbocycles. The van der Waals surface area contributed by atoms with Crippen molar-refractivity contribution in [2.24, 2.45) is 5.73 Å². The van der Waals surface area contributed by atoms with Crippen LogP contribution in [0.5, 0.6) is 0 Å². The molecule has 228 valence electrons. The third kappa shape index (κ3) is 11.4. The van der Waals surface area contributed by atoms with Gasteiger partial charge in [-0.05, 0) is 103 Å². The molecule has 1 amide bonds. The zero-order chi connectivity index (χ0) is 30.6. The molecular weight excluding hydrogens is 518 g/mol. The van der Waals surface area contributed by atoms with Crippen LogP contribution in [0.2, 0.25) is 0 Å². The van der Waals surface area contributed by atoms with E-state index in [4.69, 9.17) is 15.2 Å². The molecule has 0 aliphatic heterocycles. The number of hydrogen-bond acceptors (Lipinski definition) is 7. The highest BCUT2D eigenvalue weighted by Gasteiger charge is 2.32. The Hall–Kier alpha value is -2.97. The molecule has 2 aromatic carbocycles. The number of alkyl carbamates (subject to hydrolysis) is 1. The van der Waals surface area contributed by atoms with Gasteiger partial charge in [0.1, 0.15) is 11.2 Å². The highest BCUT2D eigenvalue weighted by atomic mass is 16.6. The number of amides is 1. The standard InChI is InChI=1S/C33H51N3O5/c1-8-9-10-15-20-35-22-26-24-17-12-11-16-23(24)21-25(28(26)30(38)40-32(2,3)4)29(37)27(18-13-14-19-34)36-31(39)41-33(5,6)7/h11-12,16-17,21,27,35H,8-10,13-15,18-20,22,34H2,1-7H3,(H,36,39)/t27-/m0/s1. The molecule has 2 aromatic rings. The van der Waals surface area contributed by atoms with Crippen molar-refractivity contribution in [1.29, 1.82) is 0 Å². The molecule has 0 radical (unpaired) electrons. The van der Waals surface area contributed by atoms with Crippen LogP contribution in [-0.4, -0.2) is 48.2 Å². The SMILES string of the molecule is CCCCCCNCc1c(C(=O)OC(C)(C)C)c(C(=O)[C@H](CCCCN)NC(=O)OC(C)(C)C)cc2ccccc12. The zero-order valence-corrected chi connectivity index (χ0v) is 26.2. The van der Waals surface area contributed by atoms with E-state index in [1.807, 2.05) is 24.3 Å². The Bertz CT molecular complexity index is 1160. The van der Waals surface area contributed by atoms with Crippen LogP contribution in [0, 0.1) is 0 Å². The van der Waals surface area contributed by atoms with E-state index in [0.29, 0.717) is 37.9 Å². The zero-order valence-electron chi connectivity index (χ0n) is 26.2. The average Bonchev–Trinajstić information content (AvgIpc) is 2.87. The molecule has 0 aromatic heterocycles. The maximum absolute atomic E-state index is 14.2. The minimum absolute atomic E-state index is 0.231. The van der Waals surface area contributed by atoms with Crippen LogP contribution in [0.25, 0.3) is 10.8 Å². The number of esters is 1. The van der Waals surface area contributed by atoms with Crippen LogP contribution in [0.1, 0.15) is 120 Å². The van der Waals surface area contributed by atoms with Gasteiger partial charge < -0.3 is 25.8 Å². The Kier molecular flexibility index (Phi) is 13.3. The number of ether oxygens (including phenoxy) is 2. The summed E-state index contributed by atoms with van der Waals surface area (Å²) in [7, 11) is 0. The van der Waals surface area contributed by atoms with Crippen LogP contribution >= 0.6 is 0 Å². The van der Waals surface area contributed by atoms with Crippen molar-refractivity contribution in [3.63, 3.8) is 0 Å². The largest absolute Gasteiger partial charge is 0.456 e. The number of hydrogen-bond donors (Lipinski definition) is 3. The van der Waals surface area contributed by atoms with Gasteiger partial charge in [-0.3, -0.25) is 4.79 Å². The quantitative estimate of drug-likeness (QED) is 0.124. The van der Waals surface area contributed by atoms with Crippen molar-refractivity contribution in [2.45, 2.75) is 117 Å². The van der Waals surface area contributed by atoms with Gasteiger partial charge in [0.05, 0.1) is 11.6 Å². The summed E-state index contributed by atoms with van der Waals surface area (Å²) in [6, 6.07) is 8.57. The lowest BCUT2D eigenvalue weighted by molar-refractivity contribution is 0.00664. The number of nitrogens with two attached hydrogens (primary N) is 1. The summed E-state index contributed by atoms with van der Waals surface area (Å²) in [4.78, 5) is 40.8. The summed E-state index contributed by atoms with van der Waals surface area (Å²) in [6.07, 6.45) is 5.49. The number of nitrogens with one attached hydrogen (secondary N) is 2. The van der Waals surface area contributed by atoms with Gasteiger partial charge in [0.25, 0.3) is 0 Å². The highest BCUT2D eigenvalue weighted by Crippen LogP contribution is 2.30. The van der Waals surface area contributed by atoms with Crippen LogP contribution < -0.4 is 16.4 Å². The smallest absolute Gasteiger partial charge is 0.408 e. The van der Waals surface area contributed by atoms with Crippen molar-refractivity contribution in [2.75, 3.05) is 13.1 Å². The van der Waals surface area contributed by atoms with E-state index in [2.05, 4.69) is 17.6 Å². The highest BCUT2D eigenvalue weighted by molar-refractivity contribution is 6.13. The second-order valence-corrected chi connectivity index (χ2v) is 12.6. The van der Waals surface area contributed by atoms with E-state index in [1.165, 1.54) is 6.42 Å². The lowest BCUT2D eigenvalue weighted by Crippen LogP contribution is -2.44. The third-order valence-electron chi connectivity index (χ3n) is 6.49. The number of rotatable bonds is 15.